The lowest BCUT2D eigenvalue weighted by molar-refractivity contribution is 0.0724. The number of carbonyl (C=O) groups is 1. The number of likely N-dealkylation sites (N-methyl/N-ethyl adjacent to an activating group) is 1. The van der Waals surface area contributed by atoms with Crippen LogP contribution in [0.4, 0.5) is 0 Å². The summed E-state index contributed by atoms with van der Waals surface area (Å²) in [5.74, 6) is 4.96. The Morgan fingerprint density at radius 3 is 3.05 bits per heavy atom. The standard InChI is InChI=1S/C14H23N3O2S/c1-3-17(9-12-5-4-6-19-12)8-11-7-13(14(18)16-15)20-10(11)2/h7,12H,3-6,8-9,15H2,1-2H3,(H,16,18). The van der Waals surface area contributed by atoms with E-state index in [1.807, 2.05) is 13.0 Å². The average Bonchev–Trinajstić information content (AvgIpc) is 3.07. The van der Waals surface area contributed by atoms with Gasteiger partial charge in [0.15, 0.2) is 0 Å². The molecule has 1 aliphatic rings. The SMILES string of the molecule is CCN(Cc1cc(C(=O)NN)sc1C)CC1CCCO1. The Labute approximate surface area is 124 Å². The van der Waals surface area contributed by atoms with E-state index < -0.39 is 0 Å². The van der Waals surface area contributed by atoms with E-state index in [0.29, 0.717) is 11.0 Å². The molecule has 0 saturated carbocycles. The van der Waals surface area contributed by atoms with Crippen LogP contribution in [0.1, 0.15) is 39.9 Å². The van der Waals surface area contributed by atoms with Crippen LogP contribution in [-0.4, -0.2) is 36.6 Å². The number of rotatable bonds is 6. The van der Waals surface area contributed by atoms with Crippen LogP contribution in [0.5, 0.6) is 0 Å². The number of nitrogens with zero attached hydrogens (tertiary/aromatic N) is 1. The number of hydrogen-bond donors (Lipinski definition) is 2. The maximum absolute atomic E-state index is 11.6. The largest absolute Gasteiger partial charge is 0.377 e. The first-order valence-electron chi connectivity index (χ1n) is 7.08. The molecule has 1 amide bonds. The van der Waals surface area contributed by atoms with E-state index in [4.69, 9.17) is 10.6 Å². The highest BCUT2D eigenvalue weighted by Gasteiger charge is 2.20. The van der Waals surface area contributed by atoms with Gasteiger partial charge in [-0.05, 0) is 37.9 Å². The Balaban J connectivity index is 1.99. The van der Waals surface area contributed by atoms with Crippen LogP contribution in [0.15, 0.2) is 6.07 Å². The molecule has 1 aliphatic heterocycles. The zero-order valence-electron chi connectivity index (χ0n) is 12.1. The number of ether oxygens (including phenoxy) is 1. The molecule has 0 aromatic carbocycles. The molecule has 3 N–H and O–H groups in total. The second kappa shape index (κ2) is 7.17. The average molecular weight is 297 g/mol. The van der Waals surface area contributed by atoms with Gasteiger partial charge in [-0.3, -0.25) is 15.1 Å². The highest BCUT2D eigenvalue weighted by atomic mass is 32.1. The van der Waals surface area contributed by atoms with Crippen molar-refractivity contribution in [2.45, 2.75) is 39.3 Å². The fourth-order valence-corrected chi connectivity index (χ4v) is 3.42. The van der Waals surface area contributed by atoms with Crippen LogP contribution in [-0.2, 0) is 11.3 Å². The van der Waals surface area contributed by atoms with E-state index in [2.05, 4.69) is 17.2 Å². The van der Waals surface area contributed by atoms with E-state index in [1.54, 1.807) is 0 Å². The monoisotopic (exact) mass is 297 g/mol. The topological polar surface area (TPSA) is 67.6 Å². The molecule has 2 heterocycles. The van der Waals surface area contributed by atoms with E-state index in [9.17, 15) is 4.79 Å². The number of hydrogen-bond acceptors (Lipinski definition) is 5. The molecule has 20 heavy (non-hydrogen) atoms. The minimum absolute atomic E-state index is 0.216. The lowest BCUT2D eigenvalue weighted by Gasteiger charge is -2.23. The van der Waals surface area contributed by atoms with Crippen molar-refractivity contribution in [1.29, 1.82) is 0 Å². The maximum atomic E-state index is 11.6. The van der Waals surface area contributed by atoms with Crippen LogP contribution in [0.3, 0.4) is 0 Å². The normalized spacial score (nSPS) is 18.7. The van der Waals surface area contributed by atoms with Crippen molar-refractivity contribution in [3.8, 4) is 0 Å². The zero-order chi connectivity index (χ0) is 14.5. The summed E-state index contributed by atoms with van der Waals surface area (Å²) in [6.45, 7) is 7.90. The summed E-state index contributed by atoms with van der Waals surface area (Å²) >= 11 is 1.49. The molecule has 5 nitrogen and oxygen atoms in total. The predicted octanol–water partition coefficient (Wildman–Crippen LogP) is 1.66. The summed E-state index contributed by atoms with van der Waals surface area (Å²) in [6, 6.07) is 1.94. The number of amides is 1. The van der Waals surface area contributed by atoms with Gasteiger partial charge in [-0.1, -0.05) is 6.92 Å². The van der Waals surface area contributed by atoms with Crippen LogP contribution < -0.4 is 11.3 Å². The summed E-state index contributed by atoms with van der Waals surface area (Å²) in [5, 5.41) is 0. The van der Waals surface area contributed by atoms with Crippen LogP contribution >= 0.6 is 11.3 Å². The van der Waals surface area contributed by atoms with E-state index in [0.717, 1.165) is 32.7 Å². The van der Waals surface area contributed by atoms with Gasteiger partial charge in [-0.25, -0.2) is 5.84 Å². The number of nitrogens with two attached hydrogens (primary N) is 1. The van der Waals surface area contributed by atoms with Crippen molar-refractivity contribution >= 4 is 17.2 Å². The smallest absolute Gasteiger partial charge is 0.275 e. The van der Waals surface area contributed by atoms with Crippen molar-refractivity contribution in [2.24, 2.45) is 5.84 Å². The van der Waals surface area contributed by atoms with Crippen molar-refractivity contribution in [1.82, 2.24) is 10.3 Å². The Morgan fingerprint density at radius 2 is 2.45 bits per heavy atom. The highest BCUT2D eigenvalue weighted by molar-refractivity contribution is 7.14. The number of nitrogens with one attached hydrogen (secondary N) is 1. The van der Waals surface area contributed by atoms with Gasteiger partial charge in [0.2, 0.25) is 0 Å². The van der Waals surface area contributed by atoms with Gasteiger partial charge in [0, 0.05) is 24.6 Å². The van der Waals surface area contributed by atoms with E-state index in [1.165, 1.54) is 28.2 Å². The molecule has 1 saturated heterocycles. The Bertz CT molecular complexity index is 455. The van der Waals surface area contributed by atoms with Gasteiger partial charge in [0.05, 0.1) is 11.0 Å². The van der Waals surface area contributed by atoms with Crippen molar-refractivity contribution < 1.29 is 9.53 Å². The molecule has 1 unspecified atom stereocenters. The summed E-state index contributed by atoms with van der Waals surface area (Å²) in [6.07, 6.45) is 2.68. The summed E-state index contributed by atoms with van der Waals surface area (Å²) < 4.78 is 5.69. The van der Waals surface area contributed by atoms with Gasteiger partial charge >= 0.3 is 0 Å². The first-order chi connectivity index (χ1) is 9.63. The first-order valence-corrected chi connectivity index (χ1v) is 7.90. The van der Waals surface area contributed by atoms with Gasteiger partial charge < -0.3 is 4.74 Å². The minimum atomic E-state index is -0.216. The minimum Gasteiger partial charge on any atom is -0.377 e. The third-order valence-electron chi connectivity index (χ3n) is 3.70. The molecule has 1 atom stereocenters. The molecule has 0 spiro atoms. The second-order valence-corrected chi connectivity index (χ2v) is 6.38. The summed E-state index contributed by atoms with van der Waals surface area (Å²) in [7, 11) is 0. The van der Waals surface area contributed by atoms with Crippen molar-refractivity contribution in [3.63, 3.8) is 0 Å². The van der Waals surface area contributed by atoms with Crippen LogP contribution in [0.25, 0.3) is 0 Å². The Kier molecular flexibility index (Phi) is 5.54. The zero-order valence-corrected chi connectivity index (χ0v) is 13.0. The molecule has 6 heteroatoms. The van der Waals surface area contributed by atoms with Gasteiger partial charge in [0.25, 0.3) is 5.91 Å². The van der Waals surface area contributed by atoms with Gasteiger partial charge in [-0.2, -0.15) is 0 Å². The number of hydrazine groups is 1. The molecule has 1 aromatic heterocycles. The van der Waals surface area contributed by atoms with Crippen molar-refractivity contribution in [3.05, 3.63) is 21.4 Å². The summed E-state index contributed by atoms with van der Waals surface area (Å²) in [4.78, 5) is 15.8. The number of thiophene rings is 1. The first kappa shape index (κ1) is 15.4. The van der Waals surface area contributed by atoms with Crippen LogP contribution in [0, 0.1) is 6.92 Å². The molecular weight excluding hydrogens is 274 g/mol. The predicted molar refractivity (Wildman–Crippen MR) is 80.6 cm³/mol. The summed E-state index contributed by atoms with van der Waals surface area (Å²) in [5.41, 5.74) is 3.39. The molecule has 0 bridgehead atoms. The quantitative estimate of drug-likeness (QED) is 0.476. The second-order valence-electron chi connectivity index (χ2n) is 5.13. The maximum Gasteiger partial charge on any atom is 0.275 e. The lowest BCUT2D eigenvalue weighted by atomic mass is 10.2. The van der Waals surface area contributed by atoms with Crippen molar-refractivity contribution in [2.75, 3.05) is 19.7 Å². The third kappa shape index (κ3) is 3.79. The van der Waals surface area contributed by atoms with Crippen LogP contribution in [0.2, 0.25) is 0 Å². The number of aryl methyl sites for hydroxylation is 1. The molecule has 1 fully saturated rings. The molecular formula is C14H23N3O2S. The molecule has 2 rings (SSSR count). The van der Waals surface area contributed by atoms with Gasteiger partial charge in [0.1, 0.15) is 0 Å². The Morgan fingerprint density at radius 1 is 1.65 bits per heavy atom. The Hall–Kier alpha value is -0.950. The van der Waals surface area contributed by atoms with E-state index >= 15 is 0 Å². The molecule has 112 valence electrons. The van der Waals surface area contributed by atoms with E-state index in [-0.39, 0.29) is 5.91 Å². The molecule has 0 aliphatic carbocycles. The lowest BCUT2D eigenvalue weighted by Crippen LogP contribution is -2.31. The molecule has 1 aromatic rings. The third-order valence-corrected chi connectivity index (χ3v) is 4.79. The fourth-order valence-electron chi connectivity index (χ4n) is 2.48. The highest BCUT2D eigenvalue weighted by Crippen LogP contribution is 2.23. The van der Waals surface area contributed by atoms with Gasteiger partial charge in [-0.15, -0.1) is 11.3 Å². The number of carbonyl (C=O) groups excluding carboxylic acids is 1. The molecule has 0 radical (unpaired) electrons. The fraction of sp³-hybridized carbons (Fsp3) is 0.643. The number of nitrogen functional groups attached to an aromatic ring is 1.